The summed E-state index contributed by atoms with van der Waals surface area (Å²) in [4.78, 5) is 19.1. The van der Waals surface area contributed by atoms with Crippen molar-refractivity contribution in [2.75, 3.05) is 13.2 Å². The van der Waals surface area contributed by atoms with E-state index in [1.165, 1.54) is 30.5 Å². The number of hydrogen-bond donors (Lipinski definition) is 0. The van der Waals surface area contributed by atoms with E-state index in [0.29, 0.717) is 30.0 Å². The van der Waals surface area contributed by atoms with E-state index in [0.717, 1.165) is 18.4 Å². The first-order valence-corrected chi connectivity index (χ1v) is 13.5. The van der Waals surface area contributed by atoms with Crippen LogP contribution in [0, 0.1) is 12.7 Å². The molecule has 0 radical (unpaired) electrons. The number of aryl methyl sites for hydroxylation is 1. The Hall–Kier alpha value is -3.30. The molecule has 0 saturated carbocycles. The molecule has 1 aliphatic heterocycles. The summed E-state index contributed by atoms with van der Waals surface area (Å²) < 4.78 is 47.5. The fraction of sp³-hybridized carbons (Fsp3) is 0.333. The zero-order valence-corrected chi connectivity index (χ0v) is 21.1. The number of amides is 1. The molecule has 190 valence electrons. The van der Waals surface area contributed by atoms with Crippen molar-refractivity contribution in [2.45, 2.75) is 49.9 Å². The summed E-state index contributed by atoms with van der Waals surface area (Å²) in [6, 6.07) is 12.7. The summed E-state index contributed by atoms with van der Waals surface area (Å²) in [7, 11) is -3.85. The molecule has 2 heterocycles. The molecular formula is C27H30FN3O4S. The zero-order chi connectivity index (χ0) is 25.7. The summed E-state index contributed by atoms with van der Waals surface area (Å²) >= 11 is 0. The maximum atomic E-state index is 13.4. The van der Waals surface area contributed by atoms with E-state index in [1.54, 1.807) is 27.7 Å². The van der Waals surface area contributed by atoms with Crippen LogP contribution in [0.2, 0.25) is 0 Å². The number of aromatic nitrogens is 2. The fourth-order valence-electron chi connectivity index (χ4n) is 4.27. The van der Waals surface area contributed by atoms with Crippen LogP contribution in [-0.2, 0) is 33.4 Å². The van der Waals surface area contributed by atoms with E-state index >= 15 is 0 Å². The van der Waals surface area contributed by atoms with Crippen molar-refractivity contribution in [2.24, 2.45) is 0 Å². The van der Waals surface area contributed by atoms with Crippen molar-refractivity contribution in [3.63, 3.8) is 0 Å². The number of hydrogen-bond acceptors (Lipinski definition) is 5. The van der Waals surface area contributed by atoms with Gasteiger partial charge in [0.15, 0.2) is 0 Å². The predicted molar refractivity (Wildman–Crippen MR) is 135 cm³/mol. The van der Waals surface area contributed by atoms with Gasteiger partial charge in [0.2, 0.25) is 15.0 Å². The summed E-state index contributed by atoms with van der Waals surface area (Å²) in [5.41, 5.74) is 2.64. The summed E-state index contributed by atoms with van der Waals surface area (Å²) in [6.07, 6.45) is 4.72. The highest BCUT2D eigenvalue weighted by Gasteiger charge is 2.28. The number of imidazole rings is 1. The molecule has 1 fully saturated rings. The summed E-state index contributed by atoms with van der Waals surface area (Å²) in [6.45, 7) is 7.11. The average Bonchev–Trinajstić information content (AvgIpc) is 3.51. The van der Waals surface area contributed by atoms with Gasteiger partial charge in [0.25, 0.3) is 5.91 Å². The Labute approximate surface area is 211 Å². The van der Waals surface area contributed by atoms with Crippen LogP contribution < -0.4 is 0 Å². The number of ether oxygens (including phenoxy) is 1. The Kier molecular flexibility index (Phi) is 8.01. The van der Waals surface area contributed by atoms with Crippen LogP contribution in [-0.4, -0.2) is 48.0 Å². The van der Waals surface area contributed by atoms with Gasteiger partial charge < -0.3 is 14.2 Å². The number of halogens is 1. The lowest BCUT2D eigenvalue weighted by molar-refractivity contribution is 0.0751. The van der Waals surface area contributed by atoms with Crippen molar-refractivity contribution in [1.29, 1.82) is 0 Å². The van der Waals surface area contributed by atoms with Gasteiger partial charge in [-0.3, -0.25) is 4.79 Å². The molecule has 1 aromatic heterocycles. The van der Waals surface area contributed by atoms with Crippen LogP contribution in [0.4, 0.5) is 4.39 Å². The molecule has 1 amide bonds. The summed E-state index contributed by atoms with van der Waals surface area (Å²) in [5, 5.41) is -0.0846. The lowest BCUT2D eigenvalue weighted by atomic mass is 10.1. The van der Waals surface area contributed by atoms with E-state index in [2.05, 4.69) is 11.6 Å². The highest BCUT2D eigenvalue weighted by Crippen LogP contribution is 2.23. The molecule has 1 aliphatic rings. The van der Waals surface area contributed by atoms with Crippen LogP contribution in [0.15, 0.2) is 72.5 Å². The number of carbonyl (C=O) groups is 1. The van der Waals surface area contributed by atoms with E-state index in [1.807, 2.05) is 19.1 Å². The second-order valence-electron chi connectivity index (χ2n) is 9.00. The molecule has 4 rings (SSSR count). The number of sulfone groups is 1. The molecule has 7 nitrogen and oxygen atoms in total. The second-order valence-corrected chi connectivity index (χ2v) is 10.9. The zero-order valence-electron chi connectivity index (χ0n) is 20.3. The maximum absolute atomic E-state index is 13.4. The van der Waals surface area contributed by atoms with Gasteiger partial charge in [0, 0.05) is 18.7 Å². The van der Waals surface area contributed by atoms with Gasteiger partial charge in [-0.2, -0.15) is 0 Å². The first-order valence-electron chi connectivity index (χ1n) is 11.9. The highest BCUT2D eigenvalue weighted by atomic mass is 32.2. The lowest BCUT2D eigenvalue weighted by Crippen LogP contribution is -2.32. The molecule has 36 heavy (non-hydrogen) atoms. The van der Waals surface area contributed by atoms with Crippen molar-refractivity contribution in [3.05, 3.63) is 95.6 Å². The van der Waals surface area contributed by atoms with Crippen molar-refractivity contribution >= 4 is 15.7 Å². The number of nitrogens with zero attached hydrogens (tertiary/aromatic N) is 3. The SMILES string of the molecule is C=CCN(Cc1cnc(S(=O)(=O)Cc2ccc(F)cc2)n1CC1CCCO1)C(=O)c1ccc(C)cc1. The van der Waals surface area contributed by atoms with Crippen molar-refractivity contribution in [1.82, 2.24) is 14.5 Å². The Morgan fingerprint density at radius 3 is 2.58 bits per heavy atom. The third-order valence-electron chi connectivity index (χ3n) is 6.15. The Morgan fingerprint density at radius 1 is 1.22 bits per heavy atom. The van der Waals surface area contributed by atoms with Crippen LogP contribution in [0.25, 0.3) is 0 Å². The number of carbonyl (C=O) groups excluding carboxylic acids is 1. The van der Waals surface area contributed by atoms with Gasteiger partial charge in [-0.05, 0) is 49.6 Å². The second kappa shape index (κ2) is 11.2. The fourth-order valence-corrected chi connectivity index (χ4v) is 5.77. The quantitative estimate of drug-likeness (QED) is 0.379. The number of benzene rings is 2. The van der Waals surface area contributed by atoms with E-state index in [4.69, 9.17) is 4.74 Å². The van der Waals surface area contributed by atoms with Crippen LogP contribution in [0.1, 0.15) is 40.0 Å². The van der Waals surface area contributed by atoms with Crippen LogP contribution in [0.3, 0.4) is 0 Å². The lowest BCUT2D eigenvalue weighted by Gasteiger charge is -2.23. The van der Waals surface area contributed by atoms with E-state index in [9.17, 15) is 17.6 Å². The first kappa shape index (κ1) is 25.8. The minimum absolute atomic E-state index is 0.0846. The topological polar surface area (TPSA) is 81.5 Å². The monoisotopic (exact) mass is 511 g/mol. The van der Waals surface area contributed by atoms with Crippen molar-refractivity contribution in [3.8, 4) is 0 Å². The molecule has 9 heteroatoms. The third-order valence-corrected chi connectivity index (χ3v) is 7.74. The Balaban J connectivity index is 1.66. The molecule has 1 atom stereocenters. The molecule has 0 aliphatic carbocycles. The molecule has 1 saturated heterocycles. The summed E-state index contributed by atoms with van der Waals surface area (Å²) in [5.74, 6) is -0.928. The van der Waals surface area contributed by atoms with E-state index in [-0.39, 0.29) is 36.0 Å². The van der Waals surface area contributed by atoms with Gasteiger partial charge in [-0.1, -0.05) is 35.9 Å². The van der Waals surface area contributed by atoms with Gasteiger partial charge in [-0.15, -0.1) is 6.58 Å². The minimum Gasteiger partial charge on any atom is -0.376 e. The molecular weight excluding hydrogens is 481 g/mol. The normalized spacial score (nSPS) is 15.7. The van der Waals surface area contributed by atoms with Gasteiger partial charge >= 0.3 is 0 Å². The molecule has 0 spiro atoms. The molecule has 0 bridgehead atoms. The maximum Gasteiger partial charge on any atom is 0.254 e. The number of rotatable bonds is 10. The molecule has 2 aromatic carbocycles. The van der Waals surface area contributed by atoms with Crippen molar-refractivity contribution < 1.29 is 22.3 Å². The van der Waals surface area contributed by atoms with Crippen LogP contribution in [0.5, 0.6) is 0 Å². The smallest absolute Gasteiger partial charge is 0.254 e. The minimum atomic E-state index is -3.85. The molecule has 1 unspecified atom stereocenters. The first-order chi connectivity index (χ1) is 17.3. The standard InChI is InChI=1S/C27H30FN3O4S/c1-3-14-30(26(32)22-10-6-20(2)7-11-22)17-24-16-29-27(31(24)18-25-5-4-15-35-25)36(33,34)19-21-8-12-23(28)13-9-21/h3,6-13,16,25H,1,4-5,14-15,17-19H2,2H3. The van der Waals surface area contributed by atoms with E-state index < -0.39 is 15.7 Å². The largest absolute Gasteiger partial charge is 0.376 e. The Morgan fingerprint density at radius 2 is 1.94 bits per heavy atom. The van der Waals surface area contributed by atoms with Gasteiger partial charge in [0.05, 0.1) is 36.8 Å². The highest BCUT2D eigenvalue weighted by molar-refractivity contribution is 7.90. The molecule has 3 aromatic rings. The Bertz CT molecular complexity index is 1310. The van der Waals surface area contributed by atoms with Gasteiger partial charge in [0.1, 0.15) is 5.82 Å². The van der Waals surface area contributed by atoms with Gasteiger partial charge in [-0.25, -0.2) is 17.8 Å². The predicted octanol–water partition coefficient (Wildman–Crippen LogP) is 4.31. The average molecular weight is 512 g/mol. The van der Waals surface area contributed by atoms with Crippen LogP contribution >= 0.6 is 0 Å². The third kappa shape index (κ3) is 6.09. The molecule has 0 N–H and O–H groups in total.